The van der Waals surface area contributed by atoms with Crippen LogP contribution in [0.25, 0.3) is 55.0 Å². The molecular formula is C110H131F10N3O11S2+2. The fraction of sp³-hybridized carbons (Fsp3) is 0.545. The Kier molecular flexibility index (Phi) is 31.2. The van der Waals surface area contributed by atoms with E-state index in [1.165, 1.54) is 103 Å². The Morgan fingerprint density at radius 3 is 1.13 bits per heavy atom. The lowest BCUT2D eigenvalue weighted by Crippen LogP contribution is -2.60. The molecule has 8 aliphatic carbocycles. The van der Waals surface area contributed by atoms with Crippen LogP contribution in [0.1, 0.15) is 202 Å². The van der Waals surface area contributed by atoms with Crippen LogP contribution in [0.2, 0.25) is 0 Å². The minimum atomic E-state index is -5.40. The monoisotopic (exact) mass is 1920 g/mol. The number of quaternary nitrogens is 1. The normalized spacial score (nSPS) is 28.2. The van der Waals surface area contributed by atoms with Gasteiger partial charge >= 0.3 is 24.3 Å². The van der Waals surface area contributed by atoms with Gasteiger partial charge in [0.05, 0.1) is 43.2 Å². The second-order valence-electron chi connectivity index (χ2n) is 42.3. The lowest BCUT2D eigenvalue weighted by molar-refractivity contribution is -0.884. The first-order valence-corrected chi connectivity index (χ1v) is 51.6. The maximum Gasteiger partial charge on any atom is 0.431 e. The molecule has 0 spiro atoms. The number of nitrogens with zero attached hydrogens (tertiary/aromatic N) is 3. The van der Waals surface area contributed by atoms with E-state index in [1.807, 2.05) is 27.7 Å². The number of aromatic nitrogens is 2. The van der Waals surface area contributed by atoms with Crippen LogP contribution in [0.5, 0.6) is 0 Å². The molecule has 9 aromatic rings. The van der Waals surface area contributed by atoms with E-state index in [9.17, 15) is 86.5 Å². The Labute approximate surface area is 797 Å². The maximum absolute atomic E-state index is 13.8. The van der Waals surface area contributed by atoms with Gasteiger partial charge in [0, 0.05) is 172 Å². The number of benzene rings is 7. The molecule has 8 saturated carbocycles. The molecule has 7 aromatic carbocycles. The van der Waals surface area contributed by atoms with Crippen molar-refractivity contribution >= 4 is 112 Å². The van der Waals surface area contributed by atoms with Crippen LogP contribution in [0.3, 0.4) is 0 Å². The summed E-state index contributed by atoms with van der Waals surface area (Å²) in [5.74, 6) is -7.93. The van der Waals surface area contributed by atoms with Gasteiger partial charge in [0.25, 0.3) is 24.1 Å². The zero-order chi connectivity index (χ0) is 98.2. The van der Waals surface area contributed by atoms with E-state index < -0.39 is 82.8 Å². The molecule has 14 nitrogen and oxygen atoms in total. The molecule has 10 aliphatic rings. The number of carbonyl (C=O) groups is 8. The molecule has 0 amide bonds. The van der Waals surface area contributed by atoms with Gasteiger partial charge in [-0.3, -0.25) is 42.6 Å². The lowest BCUT2D eigenvalue weighted by atomic mass is 9.44. The molecule has 26 heteroatoms. The van der Waals surface area contributed by atoms with Crippen molar-refractivity contribution in [2.45, 2.75) is 244 Å². The quantitative estimate of drug-likeness (QED) is 0.0366. The van der Waals surface area contributed by atoms with Crippen molar-refractivity contribution in [3.05, 3.63) is 188 Å². The van der Waals surface area contributed by atoms with Crippen molar-refractivity contribution in [1.82, 2.24) is 9.13 Å². The Morgan fingerprint density at radius 1 is 0.449 bits per heavy atom. The number of rotatable bonds is 17. The van der Waals surface area contributed by atoms with Crippen LogP contribution in [0.15, 0.2) is 187 Å². The third-order valence-corrected chi connectivity index (χ3v) is 36.5. The summed E-state index contributed by atoms with van der Waals surface area (Å²) in [5.41, 5.74) is 6.87. The molecule has 2 saturated heterocycles. The highest BCUT2D eigenvalue weighted by Gasteiger charge is 2.69. The van der Waals surface area contributed by atoms with Crippen LogP contribution in [0, 0.1) is 92.7 Å². The summed E-state index contributed by atoms with van der Waals surface area (Å²) in [6, 6.07) is 65.0. The number of hydrogen-bond donors (Lipinski definition) is 0. The number of para-hydroxylation sites is 5. The minimum absolute atomic E-state index is 0.0344. The molecule has 136 heavy (non-hydrogen) atoms. The molecular weight excluding hydrogens is 1790 g/mol. The van der Waals surface area contributed by atoms with Gasteiger partial charge in [-0.2, -0.15) is 26.3 Å². The van der Waals surface area contributed by atoms with Crippen LogP contribution in [-0.4, -0.2) is 145 Å². The molecule has 0 bridgehead atoms. The van der Waals surface area contributed by atoms with Crippen LogP contribution in [0.4, 0.5) is 43.9 Å². The maximum atomic E-state index is 13.8. The number of alkyl halides is 10. The first kappa shape index (κ1) is 103. The van der Waals surface area contributed by atoms with E-state index in [2.05, 4.69) is 236 Å². The van der Waals surface area contributed by atoms with Gasteiger partial charge in [0.15, 0.2) is 4.90 Å². The fourth-order valence-electron chi connectivity index (χ4n) is 25.6. The second kappa shape index (κ2) is 41.3. The first-order chi connectivity index (χ1) is 64.1. The number of fused-ring (bicyclic) bond motifs is 16. The first-order valence-electron chi connectivity index (χ1n) is 48.6. The number of halogens is 10. The highest BCUT2D eigenvalue weighted by molar-refractivity contribution is 7.97. The predicted octanol–water partition coefficient (Wildman–Crippen LogP) is 25.0. The minimum Gasteiger partial charge on any atom is -0.446 e. The van der Waals surface area contributed by atoms with Crippen molar-refractivity contribution in [1.29, 1.82) is 0 Å². The van der Waals surface area contributed by atoms with Crippen molar-refractivity contribution in [3.8, 4) is 11.4 Å². The summed E-state index contributed by atoms with van der Waals surface area (Å²) in [5, 5.41) is 5.27. The van der Waals surface area contributed by atoms with Gasteiger partial charge in [-0.15, -0.1) is 0 Å². The number of esters is 2. The average molecular weight is 1930 g/mol. The van der Waals surface area contributed by atoms with Crippen molar-refractivity contribution in [2.75, 3.05) is 44.2 Å². The van der Waals surface area contributed by atoms with Gasteiger partial charge in [0.1, 0.15) is 52.7 Å². The van der Waals surface area contributed by atoms with Crippen molar-refractivity contribution in [3.63, 3.8) is 0 Å². The van der Waals surface area contributed by atoms with Gasteiger partial charge < -0.3 is 23.1 Å². The molecule has 10 fully saturated rings. The highest BCUT2D eigenvalue weighted by atomic mass is 32.2. The van der Waals surface area contributed by atoms with E-state index in [-0.39, 0.29) is 156 Å². The standard InChI is InChI=1S/2C28H37F5O5.C22H20NS.C18H13N.C10H16N.C4H8OS/c2*1-14(5-8-22(37)38-24(27(4,29)30)28(31,32)33)17-6-7-18-23-19(13-21(36)26(17,18)3)25(2)10-9-16(34)11-15(25)12-20(23)35;1-3-9-21-19(7-1)20-8-2-4-10-22(20)23(21)17-11-13-18(14-12-17)24-15-5-6-16-24;1-2-8-14(9-3-1)19-17-12-6-4-10-15(17)16-11-5-7-13-18(16)19;1-11(2,3)9-10-7-5-4-6-8-10;5-6-3-1-2-4-6/h2*14-15,17-19,23-24H,5-13H2,1-4H3;1-4,7-14H,5-6,15-16H2;1-13H;4-8H,9H2,1-3H3;1-4H2/q;;+1;;+1;/t2*14?,15-,17+,18-,19-,23-,24?,25-,26+;;;;/m00..../s1. The SMILES string of the molecule is CC(CCC(=O)OC(C(C)(F)F)C(F)(F)F)[C@H]1CC[C@H]2[C@@H]3C(=O)C[C@@H]4CC(=O)CC[C@]4(C)[C@H]3CC(=O)[C@]12C.CC(CCC(=O)OC(C(C)(F)F)C(F)(F)F)[C@H]1CC[C@H]2[C@@H]3C(=O)C[C@@H]4CC(=O)CC[C@]4(C)[C@H]3CC(=O)[C@]12C.C[N+](C)(C)Cc1ccccc1.O=S1CCCC1.c1ccc(-n2c3ccccc3c3ccccc32)cc1.c1ccc2c(c1)c1ccccc1n2-c1ccc([S+]2CCCC2)cc1. The van der Waals surface area contributed by atoms with Crippen molar-refractivity contribution in [2.24, 2.45) is 92.7 Å². The predicted molar refractivity (Wildman–Crippen MR) is 513 cm³/mol. The Morgan fingerprint density at radius 2 is 0.794 bits per heavy atom. The van der Waals surface area contributed by atoms with E-state index in [1.54, 1.807) is 0 Å². The summed E-state index contributed by atoms with van der Waals surface area (Å²) in [7, 11) is 6.67. The number of carbonyl (C=O) groups excluding carboxylic acids is 8. The fourth-order valence-corrected chi connectivity index (χ4v) is 29.1. The largest absolute Gasteiger partial charge is 0.446 e. The Balaban J connectivity index is 0.000000140. The van der Waals surface area contributed by atoms with E-state index in [0.29, 0.717) is 87.9 Å². The van der Waals surface area contributed by atoms with E-state index in [0.717, 1.165) is 22.5 Å². The van der Waals surface area contributed by atoms with E-state index in [4.69, 9.17) is 0 Å². The molecule has 4 heterocycles. The summed E-state index contributed by atoms with van der Waals surface area (Å²) in [6.07, 6.45) is -6.57. The summed E-state index contributed by atoms with van der Waals surface area (Å²) >= 11 is 0. The van der Waals surface area contributed by atoms with Crippen LogP contribution < -0.4 is 0 Å². The molecule has 0 radical (unpaired) electrons. The van der Waals surface area contributed by atoms with E-state index >= 15 is 0 Å². The van der Waals surface area contributed by atoms with Gasteiger partial charge in [-0.1, -0.05) is 163 Å². The molecule has 18 atom stereocenters. The summed E-state index contributed by atoms with van der Waals surface area (Å²) in [4.78, 5) is 104. The number of ether oxygens (including phenoxy) is 2. The number of ketones is 6. The van der Waals surface area contributed by atoms with Crippen LogP contribution >= 0.6 is 0 Å². The third-order valence-electron chi connectivity index (χ3n) is 32.6. The molecule has 0 N–H and O–H groups in total. The topological polar surface area (TPSA) is 182 Å². The molecule has 732 valence electrons. The summed E-state index contributed by atoms with van der Waals surface area (Å²) in [6.45, 7) is 12.9. The molecule has 4 unspecified atom stereocenters. The summed E-state index contributed by atoms with van der Waals surface area (Å²) < 4.78 is 156. The van der Waals surface area contributed by atoms with Crippen LogP contribution in [-0.2, 0) is 76.1 Å². The Hall–Kier alpha value is -9.14. The Bertz CT molecular complexity index is 5540. The molecule has 19 rings (SSSR count). The van der Waals surface area contributed by atoms with Crippen molar-refractivity contribution < 1.29 is 100 Å². The zero-order valence-electron chi connectivity index (χ0n) is 79.9. The molecule has 2 aliphatic heterocycles. The highest BCUT2D eigenvalue weighted by Crippen LogP contribution is 2.69. The smallest absolute Gasteiger partial charge is 0.431 e. The second-order valence-corrected chi connectivity index (χ2v) is 46.3. The average Bonchev–Trinajstić information content (AvgIpc) is 1.43. The van der Waals surface area contributed by atoms with Gasteiger partial charge in [-0.25, -0.2) is 17.6 Å². The lowest BCUT2D eigenvalue weighted by Gasteiger charge is -2.58. The zero-order valence-corrected chi connectivity index (χ0v) is 81.6. The number of Topliss-reactive ketones (excluding diaryl/α,β-unsaturated/α-hetero) is 6. The van der Waals surface area contributed by atoms with Gasteiger partial charge in [-0.05, 0) is 208 Å². The number of hydrogen-bond acceptors (Lipinski definition) is 11. The third kappa shape index (κ3) is 21.9. The van der Waals surface area contributed by atoms with Gasteiger partial charge in [0.2, 0.25) is 0 Å². The molecule has 2 aromatic heterocycles.